The number of halogens is 1. The van der Waals surface area contributed by atoms with Gasteiger partial charge in [-0.25, -0.2) is 4.79 Å². The lowest BCUT2D eigenvalue weighted by molar-refractivity contribution is -0.131. The van der Waals surface area contributed by atoms with Crippen LogP contribution < -0.4 is 0 Å². The molecule has 0 atom stereocenters. The second-order valence-corrected chi connectivity index (χ2v) is 1.53. The van der Waals surface area contributed by atoms with Gasteiger partial charge in [0.25, 0.3) is 0 Å². The minimum Gasteiger partial charge on any atom is -0.478 e. The van der Waals surface area contributed by atoms with Crippen molar-refractivity contribution in [2.24, 2.45) is 0 Å². The van der Waals surface area contributed by atoms with Crippen LogP contribution in [0.1, 0.15) is 19.8 Å². The Kier molecular flexibility index (Phi) is 9.43. The van der Waals surface area contributed by atoms with Crippen molar-refractivity contribution >= 4 is 18.4 Å². The molecule has 0 aromatic rings. The van der Waals surface area contributed by atoms with Crippen LogP contribution in [0.4, 0.5) is 0 Å². The van der Waals surface area contributed by atoms with Gasteiger partial charge in [-0.05, 0) is 6.42 Å². The number of aliphatic carboxylic acids is 1. The SMILES string of the molecule is CCC/C=C/C(=O)O.Cl. The molecule has 0 radical (unpaired) electrons. The molecular weight excluding hydrogens is 140 g/mol. The quantitative estimate of drug-likeness (QED) is 0.624. The van der Waals surface area contributed by atoms with Gasteiger partial charge < -0.3 is 5.11 Å². The van der Waals surface area contributed by atoms with E-state index in [9.17, 15) is 4.79 Å². The summed E-state index contributed by atoms with van der Waals surface area (Å²) in [6, 6.07) is 0. The molecule has 0 spiro atoms. The summed E-state index contributed by atoms with van der Waals surface area (Å²) in [5.41, 5.74) is 0. The van der Waals surface area contributed by atoms with E-state index < -0.39 is 5.97 Å². The molecule has 54 valence electrons. The molecule has 1 N–H and O–H groups in total. The van der Waals surface area contributed by atoms with Crippen molar-refractivity contribution < 1.29 is 9.90 Å². The van der Waals surface area contributed by atoms with Gasteiger partial charge in [-0.1, -0.05) is 19.4 Å². The maximum atomic E-state index is 9.79. The molecule has 0 saturated heterocycles. The van der Waals surface area contributed by atoms with Gasteiger partial charge in [0.2, 0.25) is 0 Å². The molecule has 0 amide bonds. The first kappa shape index (κ1) is 11.3. The number of unbranched alkanes of at least 4 members (excludes halogenated alkanes) is 1. The van der Waals surface area contributed by atoms with Crippen molar-refractivity contribution in [1.82, 2.24) is 0 Å². The fraction of sp³-hybridized carbons (Fsp3) is 0.500. The summed E-state index contributed by atoms with van der Waals surface area (Å²) < 4.78 is 0. The summed E-state index contributed by atoms with van der Waals surface area (Å²) in [6.07, 6.45) is 4.68. The van der Waals surface area contributed by atoms with Crippen molar-refractivity contribution in [3.8, 4) is 0 Å². The van der Waals surface area contributed by atoms with Crippen molar-refractivity contribution in [3.05, 3.63) is 12.2 Å². The molecule has 3 heteroatoms. The van der Waals surface area contributed by atoms with Crippen LogP contribution in [-0.2, 0) is 4.79 Å². The topological polar surface area (TPSA) is 37.3 Å². The van der Waals surface area contributed by atoms with Crippen molar-refractivity contribution in [3.63, 3.8) is 0 Å². The van der Waals surface area contributed by atoms with Crippen LogP contribution in [0, 0.1) is 0 Å². The Balaban J connectivity index is 0. The highest BCUT2D eigenvalue weighted by Crippen LogP contribution is 1.86. The number of hydrogen-bond donors (Lipinski definition) is 1. The maximum Gasteiger partial charge on any atom is 0.327 e. The molecule has 0 aliphatic heterocycles. The van der Waals surface area contributed by atoms with Gasteiger partial charge in [0.05, 0.1) is 0 Å². The van der Waals surface area contributed by atoms with Gasteiger partial charge in [0, 0.05) is 6.08 Å². The van der Waals surface area contributed by atoms with E-state index in [0.29, 0.717) is 0 Å². The highest BCUT2D eigenvalue weighted by atomic mass is 35.5. The zero-order valence-electron chi connectivity index (χ0n) is 5.33. The molecule has 0 aliphatic carbocycles. The first-order valence-electron chi connectivity index (χ1n) is 2.67. The normalized spacial score (nSPS) is 9.00. The number of carboxylic acid groups (broad SMARTS) is 1. The molecule has 0 unspecified atom stereocenters. The molecule has 0 aromatic carbocycles. The van der Waals surface area contributed by atoms with E-state index in [1.807, 2.05) is 6.92 Å². The molecule has 0 fully saturated rings. The van der Waals surface area contributed by atoms with Gasteiger partial charge >= 0.3 is 5.97 Å². The number of carbonyl (C=O) groups is 1. The van der Waals surface area contributed by atoms with Crippen LogP contribution in [0.15, 0.2) is 12.2 Å². The smallest absolute Gasteiger partial charge is 0.327 e. The van der Waals surface area contributed by atoms with Gasteiger partial charge in [-0.3, -0.25) is 0 Å². The third-order valence-corrected chi connectivity index (χ3v) is 0.716. The van der Waals surface area contributed by atoms with Crippen molar-refractivity contribution in [2.75, 3.05) is 0 Å². The lowest BCUT2D eigenvalue weighted by atomic mass is 10.3. The Morgan fingerprint density at radius 2 is 2.22 bits per heavy atom. The summed E-state index contributed by atoms with van der Waals surface area (Å²) in [6.45, 7) is 2.01. The molecule has 0 aromatic heterocycles. The molecule has 0 saturated carbocycles. The first-order chi connectivity index (χ1) is 3.77. The van der Waals surface area contributed by atoms with Crippen molar-refractivity contribution in [1.29, 1.82) is 0 Å². The van der Waals surface area contributed by atoms with E-state index in [2.05, 4.69) is 0 Å². The summed E-state index contributed by atoms with van der Waals surface area (Å²) in [5, 5.41) is 8.05. The van der Waals surface area contributed by atoms with E-state index in [-0.39, 0.29) is 12.4 Å². The predicted octanol–water partition coefficient (Wildman–Crippen LogP) is 1.85. The van der Waals surface area contributed by atoms with Gasteiger partial charge in [-0.15, -0.1) is 12.4 Å². The monoisotopic (exact) mass is 150 g/mol. The number of carboxylic acids is 1. The minimum atomic E-state index is -0.863. The van der Waals surface area contributed by atoms with E-state index in [1.54, 1.807) is 6.08 Å². The lowest BCUT2D eigenvalue weighted by Gasteiger charge is -1.79. The minimum absolute atomic E-state index is 0. The summed E-state index contributed by atoms with van der Waals surface area (Å²) in [7, 11) is 0. The van der Waals surface area contributed by atoms with Crippen LogP contribution in [0.2, 0.25) is 0 Å². The maximum absolute atomic E-state index is 9.79. The van der Waals surface area contributed by atoms with E-state index in [1.165, 1.54) is 6.08 Å². The summed E-state index contributed by atoms with van der Waals surface area (Å²) >= 11 is 0. The highest BCUT2D eigenvalue weighted by Gasteiger charge is 1.81. The number of hydrogen-bond acceptors (Lipinski definition) is 1. The molecule has 2 nitrogen and oxygen atoms in total. The van der Waals surface area contributed by atoms with E-state index in [0.717, 1.165) is 12.8 Å². The average Bonchev–Trinajstić information content (AvgIpc) is 1.66. The van der Waals surface area contributed by atoms with E-state index >= 15 is 0 Å². The molecule has 0 aliphatic rings. The first-order valence-corrected chi connectivity index (χ1v) is 2.67. The Morgan fingerprint density at radius 3 is 2.56 bits per heavy atom. The lowest BCUT2D eigenvalue weighted by Crippen LogP contribution is -1.84. The van der Waals surface area contributed by atoms with Gasteiger partial charge in [0.1, 0.15) is 0 Å². The second kappa shape index (κ2) is 7.50. The molecule has 0 bridgehead atoms. The third kappa shape index (κ3) is 11.2. The Hall–Kier alpha value is -0.500. The standard InChI is InChI=1S/C6H10O2.ClH/c1-2-3-4-5-6(7)8;/h4-5H,2-3H2,1H3,(H,7,8);1H/b5-4+;. The van der Waals surface area contributed by atoms with Crippen LogP contribution in [0.25, 0.3) is 0 Å². The second-order valence-electron chi connectivity index (χ2n) is 1.53. The molecule has 0 heterocycles. The largest absolute Gasteiger partial charge is 0.478 e. The highest BCUT2D eigenvalue weighted by molar-refractivity contribution is 5.85. The predicted molar refractivity (Wildman–Crippen MR) is 38.9 cm³/mol. The molecular formula is C6H11ClO2. The Bertz CT molecular complexity index is 99.2. The van der Waals surface area contributed by atoms with E-state index in [4.69, 9.17) is 5.11 Å². The Labute approximate surface area is 61.0 Å². The fourth-order valence-corrected chi connectivity index (χ4v) is 0.351. The molecule has 9 heavy (non-hydrogen) atoms. The van der Waals surface area contributed by atoms with Crippen molar-refractivity contribution in [2.45, 2.75) is 19.8 Å². The number of rotatable bonds is 3. The average molecular weight is 151 g/mol. The summed E-state index contributed by atoms with van der Waals surface area (Å²) in [5.74, 6) is -0.863. The third-order valence-electron chi connectivity index (χ3n) is 0.716. The van der Waals surface area contributed by atoms with Crippen LogP contribution in [0.3, 0.4) is 0 Å². The Morgan fingerprint density at radius 1 is 1.67 bits per heavy atom. The molecule has 0 rings (SSSR count). The van der Waals surface area contributed by atoms with Gasteiger partial charge in [-0.2, -0.15) is 0 Å². The zero-order valence-corrected chi connectivity index (χ0v) is 6.15. The van der Waals surface area contributed by atoms with Crippen LogP contribution >= 0.6 is 12.4 Å². The van der Waals surface area contributed by atoms with Crippen LogP contribution in [-0.4, -0.2) is 11.1 Å². The zero-order chi connectivity index (χ0) is 6.41. The van der Waals surface area contributed by atoms with Gasteiger partial charge in [0.15, 0.2) is 0 Å². The number of allylic oxidation sites excluding steroid dienone is 1. The fourth-order valence-electron chi connectivity index (χ4n) is 0.351. The van der Waals surface area contributed by atoms with Crippen LogP contribution in [0.5, 0.6) is 0 Å². The summed E-state index contributed by atoms with van der Waals surface area (Å²) in [4.78, 5) is 9.79.